The quantitative estimate of drug-likeness (QED) is 0.842. The number of nitrogens with one attached hydrogen (secondary N) is 1. The van der Waals surface area contributed by atoms with Crippen molar-refractivity contribution in [3.8, 4) is 0 Å². The predicted molar refractivity (Wildman–Crippen MR) is 84.8 cm³/mol. The van der Waals surface area contributed by atoms with Gasteiger partial charge in [-0.05, 0) is 30.4 Å². The third-order valence-corrected chi connectivity index (χ3v) is 6.67. The van der Waals surface area contributed by atoms with E-state index in [0.717, 1.165) is 37.0 Å². The molecule has 0 aromatic heterocycles. The van der Waals surface area contributed by atoms with Crippen molar-refractivity contribution in [2.45, 2.75) is 30.6 Å². The zero-order valence-electron chi connectivity index (χ0n) is 11.4. The molecule has 1 aliphatic heterocycles. The van der Waals surface area contributed by atoms with E-state index in [0.29, 0.717) is 23.8 Å². The minimum absolute atomic E-state index is 0.108. The summed E-state index contributed by atoms with van der Waals surface area (Å²) in [5, 5.41) is 0. The number of fused-ring (bicyclic) bond motifs is 1. The van der Waals surface area contributed by atoms with Crippen LogP contribution in [0.5, 0.6) is 0 Å². The number of halogens is 1. The highest BCUT2D eigenvalue weighted by atomic mass is 35.5. The van der Waals surface area contributed by atoms with E-state index in [1.165, 1.54) is 0 Å². The molecule has 1 aromatic carbocycles. The predicted octanol–water partition coefficient (Wildman–Crippen LogP) is 3.49. The fraction of sp³-hybridized carbons (Fsp3) is 0.538. The number of alkyl halides is 1. The second-order valence-corrected chi connectivity index (χ2v) is 8.08. The fourth-order valence-electron chi connectivity index (χ4n) is 2.81. The first kappa shape index (κ1) is 15.1. The lowest BCUT2D eigenvalue weighted by Crippen LogP contribution is -2.37. The van der Waals surface area contributed by atoms with Gasteiger partial charge in [0.25, 0.3) is 0 Å². The van der Waals surface area contributed by atoms with Crippen LogP contribution >= 0.6 is 11.6 Å². The highest BCUT2D eigenvalue weighted by Gasteiger charge is 2.35. The zero-order valence-corrected chi connectivity index (χ0v) is 13.8. The van der Waals surface area contributed by atoms with Gasteiger partial charge in [0.1, 0.15) is 16.3 Å². The third kappa shape index (κ3) is 2.92. The number of benzene rings is 1. The lowest BCUT2D eigenvalue weighted by atomic mass is 9.89. The van der Waals surface area contributed by atoms with Crippen molar-refractivity contribution in [1.29, 1.82) is 0 Å². The van der Waals surface area contributed by atoms with Crippen LogP contribution in [0.15, 0.2) is 31.8 Å². The van der Waals surface area contributed by atoms with Crippen LogP contribution in [-0.2, 0) is 21.4 Å². The van der Waals surface area contributed by atoms with Crippen molar-refractivity contribution in [2.24, 2.45) is 14.1 Å². The van der Waals surface area contributed by atoms with E-state index in [1.807, 2.05) is 0 Å². The topological polar surface area (TPSA) is 70.9 Å². The van der Waals surface area contributed by atoms with Crippen LogP contribution in [0, 0.1) is 5.41 Å². The van der Waals surface area contributed by atoms with Gasteiger partial charge in [-0.3, -0.25) is 0 Å². The van der Waals surface area contributed by atoms with Crippen molar-refractivity contribution in [2.75, 3.05) is 12.4 Å². The molecule has 1 aliphatic carbocycles. The summed E-state index contributed by atoms with van der Waals surface area (Å²) in [7, 11) is -3.60. The van der Waals surface area contributed by atoms with Crippen LogP contribution in [0.4, 0.5) is 11.4 Å². The molecule has 1 N–H and O–H groups in total. The van der Waals surface area contributed by atoms with Gasteiger partial charge in [-0.15, -0.1) is 11.6 Å². The van der Waals surface area contributed by atoms with Crippen molar-refractivity contribution in [3.05, 3.63) is 18.2 Å². The number of nitrogens with zero attached hydrogens (tertiary/aromatic N) is 2. The third-order valence-electron chi connectivity index (χ3n) is 4.12. The number of hydrogen-bond acceptors (Lipinski definition) is 4. The van der Waals surface area contributed by atoms with Gasteiger partial charge in [0, 0.05) is 12.4 Å². The molecular weight excluding hydrogens is 330 g/mol. The van der Waals surface area contributed by atoms with E-state index in [4.69, 9.17) is 11.6 Å². The van der Waals surface area contributed by atoms with Crippen molar-refractivity contribution < 1.29 is 8.42 Å². The van der Waals surface area contributed by atoms with E-state index in [1.54, 1.807) is 18.2 Å². The summed E-state index contributed by atoms with van der Waals surface area (Å²) in [4.78, 5) is 0.191. The van der Waals surface area contributed by atoms with Gasteiger partial charge in [0.15, 0.2) is 0 Å². The molecule has 1 aromatic rings. The lowest BCUT2D eigenvalue weighted by Gasteiger charge is -2.26. The molecule has 21 heavy (non-hydrogen) atoms. The van der Waals surface area contributed by atoms with E-state index in [9.17, 15) is 8.42 Å². The summed E-state index contributed by atoms with van der Waals surface area (Å²) in [5.41, 5.74) is 0.931. The number of sulfonamides is 1. The zero-order chi connectivity index (χ0) is 14.9. The molecular formula is C13H16ClN3O2S2. The molecule has 1 heterocycles. The Morgan fingerprint density at radius 2 is 2.05 bits per heavy atom. The van der Waals surface area contributed by atoms with Gasteiger partial charge in [0.2, 0.25) is 10.0 Å². The normalized spacial score (nSPS) is 19.5. The van der Waals surface area contributed by atoms with Crippen LogP contribution in [0.25, 0.3) is 0 Å². The Balaban J connectivity index is 1.82. The molecule has 114 valence electrons. The second-order valence-electron chi connectivity index (χ2n) is 5.55. The summed E-state index contributed by atoms with van der Waals surface area (Å²) < 4.78 is 36.0. The standard InChI is InChI=1S/C13H16ClN3O2S2/c14-8-13(6-1-2-7-13)9-15-21(18,19)11-5-3-4-10-12(11)17-20-16-10/h3-5,15H,1-2,6-9H2. The molecule has 0 unspecified atom stereocenters. The van der Waals surface area contributed by atoms with Crippen LogP contribution in [0.2, 0.25) is 0 Å². The van der Waals surface area contributed by atoms with Gasteiger partial charge in [-0.25, -0.2) is 13.1 Å². The Kier molecular flexibility index (Phi) is 4.18. The molecule has 1 saturated carbocycles. The molecule has 0 amide bonds. The molecule has 0 spiro atoms. The number of hydrogen-bond donors (Lipinski definition) is 1. The minimum Gasteiger partial charge on any atom is -0.210 e. The monoisotopic (exact) mass is 345 g/mol. The van der Waals surface area contributed by atoms with Gasteiger partial charge < -0.3 is 0 Å². The first-order valence-corrected chi connectivity index (χ1v) is 9.58. The smallest absolute Gasteiger partial charge is 0.210 e. The molecule has 8 heteroatoms. The first-order valence-electron chi connectivity index (χ1n) is 6.83. The van der Waals surface area contributed by atoms with Crippen LogP contribution in [-0.4, -0.2) is 20.8 Å². The molecule has 0 atom stereocenters. The molecule has 0 bridgehead atoms. The Bertz CT molecular complexity index is 721. The lowest BCUT2D eigenvalue weighted by molar-refractivity contribution is 0.342. The van der Waals surface area contributed by atoms with E-state index in [2.05, 4.69) is 13.4 Å². The Morgan fingerprint density at radius 1 is 1.29 bits per heavy atom. The SMILES string of the molecule is O=S(=O)(NCC1(CCl)CCCC1)c1cccc2c1N=S=N2. The Hall–Kier alpha value is -0.760. The van der Waals surface area contributed by atoms with E-state index in [-0.39, 0.29) is 10.3 Å². The summed E-state index contributed by atoms with van der Waals surface area (Å²) in [6, 6.07) is 5.01. The first-order chi connectivity index (χ1) is 10.1. The fourth-order valence-corrected chi connectivity index (χ4v) is 5.09. The molecule has 1 fully saturated rings. The summed E-state index contributed by atoms with van der Waals surface area (Å²) in [6.07, 6.45) is 4.17. The van der Waals surface area contributed by atoms with E-state index < -0.39 is 10.0 Å². The van der Waals surface area contributed by atoms with Crippen molar-refractivity contribution in [3.63, 3.8) is 0 Å². The second kappa shape index (κ2) is 5.79. The molecule has 2 aliphatic rings. The van der Waals surface area contributed by atoms with Crippen LogP contribution in [0.1, 0.15) is 25.7 Å². The maximum atomic E-state index is 12.5. The van der Waals surface area contributed by atoms with Gasteiger partial charge in [0.05, 0.1) is 11.4 Å². The summed E-state index contributed by atoms with van der Waals surface area (Å²) >= 11 is 7.08. The molecule has 0 saturated heterocycles. The van der Waals surface area contributed by atoms with Gasteiger partial charge in [-0.2, -0.15) is 8.73 Å². The molecule has 5 nitrogen and oxygen atoms in total. The highest BCUT2D eigenvalue weighted by Crippen LogP contribution is 2.40. The van der Waals surface area contributed by atoms with Gasteiger partial charge >= 0.3 is 0 Å². The molecule has 3 rings (SSSR count). The largest absolute Gasteiger partial charge is 0.242 e. The van der Waals surface area contributed by atoms with Crippen molar-refractivity contribution >= 4 is 44.4 Å². The highest BCUT2D eigenvalue weighted by molar-refractivity contribution is 7.89. The summed E-state index contributed by atoms with van der Waals surface area (Å²) in [6.45, 7) is 0.382. The van der Waals surface area contributed by atoms with Gasteiger partial charge in [-0.1, -0.05) is 18.9 Å². The Labute approximate surface area is 133 Å². The van der Waals surface area contributed by atoms with E-state index >= 15 is 0 Å². The maximum absolute atomic E-state index is 12.5. The summed E-state index contributed by atoms with van der Waals surface area (Å²) in [5.74, 6) is 0.484. The van der Waals surface area contributed by atoms with Crippen LogP contribution in [0.3, 0.4) is 0 Å². The Morgan fingerprint density at radius 3 is 2.76 bits per heavy atom. The average molecular weight is 346 g/mol. The van der Waals surface area contributed by atoms with Crippen molar-refractivity contribution in [1.82, 2.24) is 4.72 Å². The maximum Gasteiger partial charge on any atom is 0.242 e. The average Bonchev–Trinajstić information content (AvgIpc) is 3.14. The number of rotatable bonds is 5. The minimum atomic E-state index is -3.60. The van der Waals surface area contributed by atoms with Crippen LogP contribution < -0.4 is 4.72 Å². The molecule has 0 radical (unpaired) electrons.